The van der Waals surface area contributed by atoms with Crippen molar-refractivity contribution in [1.29, 1.82) is 0 Å². The number of carbonyl (C=O) groups is 6. The SMILES string of the molecule is CC(=O)CC(=O)OC(CCN1C(=O)c2ccccc2C1=O)(OC(=O)CC(C)=O)c1cccc([N+](=O)[O-])c1. The summed E-state index contributed by atoms with van der Waals surface area (Å²) in [5, 5.41) is 11.4. The molecule has 192 valence electrons. The van der Waals surface area contributed by atoms with Crippen LogP contribution in [0.15, 0.2) is 48.5 Å². The number of carbonyl (C=O) groups excluding carboxylic acids is 6. The number of hydrogen-bond donors (Lipinski definition) is 0. The largest absolute Gasteiger partial charge is 0.417 e. The van der Waals surface area contributed by atoms with Crippen LogP contribution in [-0.4, -0.2) is 51.7 Å². The molecule has 37 heavy (non-hydrogen) atoms. The van der Waals surface area contributed by atoms with Gasteiger partial charge in [0.2, 0.25) is 0 Å². The van der Waals surface area contributed by atoms with Gasteiger partial charge in [0.1, 0.15) is 24.4 Å². The fourth-order valence-corrected chi connectivity index (χ4v) is 3.79. The van der Waals surface area contributed by atoms with Crippen molar-refractivity contribution in [3.05, 3.63) is 75.3 Å². The van der Waals surface area contributed by atoms with E-state index in [4.69, 9.17) is 9.47 Å². The van der Waals surface area contributed by atoms with Crippen molar-refractivity contribution in [1.82, 2.24) is 4.90 Å². The van der Waals surface area contributed by atoms with Crippen LogP contribution < -0.4 is 0 Å². The van der Waals surface area contributed by atoms with Gasteiger partial charge in [0, 0.05) is 30.7 Å². The minimum atomic E-state index is -2.40. The Hall–Kier alpha value is -4.74. The normalized spacial score (nSPS) is 12.6. The van der Waals surface area contributed by atoms with Crippen LogP contribution in [0.25, 0.3) is 0 Å². The zero-order valence-corrected chi connectivity index (χ0v) is 19.9. The first-order chi connectivity index (χ1) is 17.4. The quantitative estimate of drug-likeness (QED) is 0.109. The number of hydrogen-bond acceptors (Lipinski definition) is 10. The summed E-state index contributed by atoms with van der Waals surface area (Å²) in [6, 6.07) is 10.7. The van der Waals surface area contributed by atoms with Crippen LogP contribution in [0.5, 0.6) is 0 Å². The number of nitrogens with zero attached hydrogens (tertiary/aromatic N) is 2. The number of amides is 2. The number of fused-ring (bicyclic) bond motifs is 1. The lowest BCUT2D eigenvalue weighted by Crippen LogP contribution is -2.42. The molecule has 0 aliphatic carbocycles. The lowest BCUT2D eigenvalue weighted by atomic mass is 10.0. The first-order valence-electron chi connectivity index (χ1n) is 11.1. The van der Waals surface area contributed by atoms with E-state index in [-0.39, 0.29) is 16.7 Å². The number of ketones is 2. The van der Waals surface area contributed by atoms with E-state index in [9.17, 15) is 38.9 Å². The van der Waals surface area contributed by atoms with Crippen LogP contribution >= 0.6 is 0 Å². The molecule has 12 nitrogen and oxygen atoms in total. The molecule has 0 bridgehead atoms. The highest BCUT2D eigenvalue weighted by atomic mass is 16.7. The molecule has 0 saturated carbocycles. The maximum atomic E-state index is 12.9. The van der Waals surface area contributed by atoms with E-state index in [0.29, 0.717) is 0 Å². The van der Waals surface area contributed by atoms with E-state index in [1.807, 2.05) is 0 Å². The van der Waals surface area contributed by atoms with Gasteiger partial charge in [-0.25, -0.2) is 0 Å². The van der Waals surface area contributed by atoms with Gasteiger partial charge in [-0.2, -0.15) is 0 Å². The van der Waals surface area contributed by atoms with E-state index >= 15 is 0 Å². The average Bonchev–Trinajstić information content (AvgIpc) is 3.06. The van der Waals surface area contributed by atoms with Crippen molar-refractivity contribution < 1.29 is 43.2 Å². The number of rotatable bonds is 11. The van der Waals surface area contributed by atoms with Crippen molar-refractivity contribution in [2.24, 2.45) is 0 Å². The van der Waals surface area contributed by atoms with Crippen molar-refractivity contribution in [2.45, 2.75) is 38.9 Å². The highest BCUT2D eigenvalue weighted by Crippen LogP contribution is 2.36. The minimum absolute atomic E-state index is 0.149. The Morgan fingerprint density at radius 2 is 1.38 bits per heavy atom. The monoisotopic (exact) mass is 510 g/mol. The molecule has 0 aromatic heterocycles. The minimum Gasteiger partial charge on any atom is -0.417 e. The summed E-state index contributed by atoms with van der Waals surface area (Å²) < 4.78 is 10.9. The molecule has 12 heteroatoms. The van der Waals surface area contributed by atoms with E-state index in [2.05, 4.69) is 0 Å². The molecule has 0 radical (unpaired) electrons. The van der Waals surface area contributed by atoms with Crippen molar-refractivity contribution in [2.75, 3.05) is 6.54 Å². The van der Waals surface area contributed by atoms with Gasteiger partial charge in [-0.05, 0) is 26.0 Å². The van der Waals surface area contributed by atoms with Gasteiger partial charge in [0.15, 0.2) is 0 Å². The second-order valence-corrected chi connectivity index (χ2v) is 8.32. The molecule has 1 aliphatic rings. The lowest BCUT2D eigenvalue weighted by Gasteiger charge is -2.34. The topological polar surface area (TPSA) is 167 Å². The summed E-state index contributed by atoms with van der Waals surface area (Å²) in [6.07, 6.45) is -1.96. The highest BCUT2D eigenvalue weighted by Gasteiger charge is 2.45. The Labute approximate surface area is 210 Å². The summed E-state index contributed by atoms with van der Waals surface area (Å²) in [4.78, 5) is 85.4. The van der Waals surface area contributed by atoms with Crippen LogP contribution in [0.2, 0.25) is 0 Å². The summed E-state index contributed by atoms with van der Waals surface area (Å²) >= 11 is 0. The Balaban J connectivity index is 2.06. The molecule has 2 amide bonds. The van der Waals surface area contributed by atoms with Crippen LogP contribution in [0.1, 0.15) is 59.4 Å². The summed E-state index contributed by atoms with van der Waals surface area (Å²) in [5.74, 6) is -7.09. The zero-order valence-electron chi connectivity index (χ0n) is 19.9. The van der Waals surface area contributed by atoms with Gasteiger partial charge >= 0.3 is 11.9 Å². The maximum absolute atomic E-state index is 12.9. The second-order valence-electron chi connectivity index (χ2n) is 8.32. The third kappa shape index (κ3) is 6.10. The third-order valence-electron chi connectivity index (χ3n) is 5.38. The van der Waals surface area contributed by atoms with Gasteiger partial charge < -0.3 is 9.47 Å². The molecule has 0 saturated heterocycles. The van der Waals surface area contributed by atoms with Gasteiger partial charge in [-0.1, -0.05) is 24.3 Å². The molecule has 0 atom stereocenters. The standard InChI is InChI=1S/C25H22N2O10/c1-15(28)12-21(30)36-25(37-22(31)13-16(2)29,17-6-5-7-18(14-17)27(34)35)10-11-26-23(32)19-8-3-4-9-20(19)24(26)33/h3-9,14H,10-13H2,1-2H3. The number of non-ortho nitro benzene ring substituents is 1. The Bertz CT molecular complexity index is 1250. The predicted octanol–water partition coefficient (Wildman–Crippen LogP) is 2.48. The molecule has 2 aromatic carbocycles. The number of ether oxygens (including phenoxy) is 2. The summed E-state index contributed by atoms with van der Waals surface area (Å²) in [5.41, 5.74) is -0.314. The van der Waals surface area contributed by atoms with Crippen molar-refractivity contribution in [3.8, 4) is 0 Å². The molecule has 0 spiro atoms. The van der Waals surface area contributed by atoms with E-state index in [1.165, 1.54) is 24.3 Å². The van der Waals surface area contributed by atoms with E-state index in [0.717, 1.165) is 30.9 Å². The first kappa shape index (κ1) is 26.9. The number of nitro groups is 1. The molecular weight excluding hydrogens is 488 g/mol. The number of Topliss-reactive ketones (excluding diaryl/α,β-unsaturated/α-hetero) is 2. The summed E-state index contributed by atoms with van der Waals surface area (Å²) in [6.45, 7) is 1.81. The van der Waals surface area contributed by atoms with Gasteiger partial charge in [0.25, 0.3) is 23.3 Å². The van der Waals surface area contributed by atoms with Gasteiger partial charge in [-0.15, -0.1) is 0 Å². The number of esters is 2. The van der Waals surface area contributed by atoms with Gasteiger partial charge in [-0.3, -0.25) is 43.8 Å². The third-order valence-corrected chi connectivity index (χ3v) is 5.38. The molecule has 0 N–H and O–H groups in total. The Morgan fingerprint density at radius 1 is 0.865 bits per heavy atom. The first-order valence-corrected chi connectivity index (χ1v) is 11.1. The van der Waals surface area contributed by atoms with E-state index < -0.39 is 77.5 Å². The van der Waals surface area contributed by atoms with Crippen LogP contribution in [-0.2, 0) is 34.4 Å². The molecule has 3 rings (SSSR count). The molecular formula is C25H22N2O10. The second kappa shape index (κ2) is 10.9. The zero-order chi connectivity index (χ0) is 27.3. The van der Waals surface area contributed by atoms with Gasteiger partial charge in [0.05, 0.1) is 16.1 Å². The number of imide groups is 1. The smallest absolute Gasteiger partial charge is 0.316 e. The van der Waals surface area contributed by atoms with Crippen LogP contribution in [0, 0.1) is 10.1 Å². The fourth-order valence-electron chi connectivity index (χ4n) is 3.79. The number of nitro benzene ring substituents is 1. The highest BCUT2D eigenvalue weighted by molar-refractivity contribution is 6.21. The van der Waals surface area contributed by atoms with Crippen LogP contribution in [0.3, 0.4) is 0 Å². The number of benzene rings is 2. The van der Waals surface area contributed by atoms with Crippen molar-refractivity contribution >= 4 is 41.0 Å². The lowest BCUT2D eigenvalue weighted by molar-refractivity contribution is -0.385. The summed E-state index contributed by atoms with van der Waals surface area (Å²) in [7, 11) is 0. The molecule has 0 unspecified atom stereocenters. The average molecular weight is 510 g/mol. The predicted molar refractivity (Wildman–Crippen MR) is 124 cm³/mol. The Morgan fingerprint density at radius 3 is 1.84 bits per heavy atom. The van der Waals surface area contributed by atoms with Crippen LogP contribution in [0.4, 0.5) is 5.69 Å². The Kier molecular flexibility index (Phi) is 7.91. The fraction of sp³-hybridized carbons (Fsp3) is 0.280. The molecule has 0 fully saturated rings. The molecule has 2 aromatic rings. The maximum Gasteiger partial charge on any atom is 0.316 e. The molecule has 1 heterocycles. The molecule has 1 aliphatic heterocycles. The van der Waals surface area contributed by atoms with Crippen molar-refractivity contribution in [3.63, 3.8) is 0 Å². The van der Waals surface area contributed by atoms with E-state index in [1.54, 1.807) is 12.1 Å².